The summed E-state index contributed by atoms with van der Waals surface area (Å²) >= 11 is 0. The minimum atomic E-state index is -0.227. The van der Waals surface area contributed by atoms with E-state index in [1.165, 1.54) is 0 Å². The number of aromatic nitrogens is 2. The Hall–Kier alpha value is -1.34. The number of nitrogens with zero attached hydrogens (tertiary/aromatic N) is 2. The summed E-state index contributed by atoms with van der Waals surface area (Å²) in [7, 11) is 0. The van der Waals surface area contributed by atoms with Crippen LogP contribution in [-0.2, 0) is 0 Å². The molecule has 1 unspecified atom stereocenters. The highest BCUT2D eigenvalue weighted by molar-refractivity contribution is 5.15. The summed E-state index contributed by atoms with van der Waals surface area (Å²) in [6.45, 7) is 3.48. The second-order valence-electron chi connectivity index (χ2n) is 2.11. The van der Waals surface area contributed by atoms with Crippen LogP contribution in [0.2, 0.25) is 0 Å². The Balaban J connectivity index is 2.87. The van der Waals surface area contributed by atoms with Crippen LogP contribution in [0, 0.1) is 11.8 Å². The Bertz CT molecular complexity index is 292. The predicted octanol–water partition coefficient (Wildman–Crippen LogP) is 0.461. The fourth-order valence-electron chi connectivity index (χ4n) is 0.576. The van der Waals surface area contributed by atoms with Gasteiger partial charge in [-0.2, -0.15) is 0 Å². The number of rotatable bonds is 1. The van der Waals surface area contributed by atoms with E-state index in [2.05, 4.69) is 22.0 Å². The lowest BCUT2D eigenvalue weighted by atomic mass is 10.4. The molecule has 58 valence electrons. The van der Waals surface area contributed by atoms with E-state index in [0.29, 0.717) is 11.8 Å². The summed E-state index contributed by atoms with van der Waals surface area (Å²) in [6, 6.07) is -0.227. The molecule has 4 heteroatoms. The van der Waals surface area contributed by atoms with Crippen molar-refractivity contribution in [2.24, 2.45) is 5.73 Å². The zero-order valence-electron chi connectivity index (χ0n) is 6.46. The Morgan fingerprint density at radius 1 is 1.55 bits per heavy atom. The molecule has 11 heavy (non-hydrogen) atoms. The molecule has 1 rings (SSSR count). The van der Waals surface area contributed by atoms with Crippen molar-refractivity contribution in [3.8, 4) is 11.8 Å². The Labute approximate surface area is 64.8 Å². The fourth-order valence-corrected chi connectivity index (χ4v) is 0.576. The molecule has 1 aromatic heterocycles. The van der Waals surface area contributed by atoms with E-state index < -0.39 is 0 Å². The fraction of sp³-hybridized carbons (Fsp3) is 0.429. The van der Waals surface area contributed by atoms with Gasteiger partial charge in [-0.1, -0.05) is 11.0 Å². The summed E-state index contributed by atoms with van der Waals surface area (Å²) in [5.74, 6) is 6.02. The SMILES string of the molecule is CC#Cc1nnc(C(C)N)o1. The van der Waals surface area contributed by atoms with Crippen LogP contribution in [0.5, 0.6) is 0 Å². The summed E-state index contributed by atoms with van der Waals surface area (Å²) in [4.78, 5) is 0. The Morgan fingerprint density at radius 2 is 2.27 bits per heavy atom. The lowest BCUT2D eigenvalue weighted by Crippen LogP contribution is -2.04. The van der Waals surface area contributed by atoms with Crippen molar-refractivity contribution in [2.75, 3.05) is 0 Å². The van der Waals surface area contributed by atoms with Gasteiger partial charge in [0.25, 0.3) is 5.89 Å². The average molecular weight is 151 g/mol. The van der Waals surface area contributed by atoms with Gasteiger partial charge < -0.3 is 10.2 Å². The lowest BCUT2D eigenvalue weighted by Gasteiger charge is -1.92. The minimum absolute atomic E-state index is 0.227. The number of hydrogen-bond donors (Lipinski definition) is 1. The predicted molar refractivity (Wildman–Crippen MR) is 39.5 cm³/mol. The molecule has 0 saturated carbocycles. The van der Waals surface area contributed by atoms with Crippen LogP contribution in [0.15, 0.2) is 4.42 Å². The van der Waals surface area contributed by atoms with Crippen molar-refractivity contribution in [1.82, 2.24) is 10.2 Å². The van der Waals surface area contributed by atoms with Crippen LogP contribution >= 0.6 is 0 Å². The van der Waals surface area contributed by atoms with Crippen molar-refractivity contribution in [1.29, 1.82) is 0 Å². The monoisotopic (exact) mass is 151 g/mol. The van der Waals surface area contributed by atoms with Gasteiger partial charge >= 0.3 is 0 Å². The van der Waals surface area contributed by atoms with Crippen molar-refractivity contribution < 1.29 is 4.42 Å². The topological polar surface area (TPSA) is 64.9 Å². The highest BCUT2D eigenvalue weighted by Crippen LogP contribution is 2.05. The second kappa shape index (κ2) is 3.17. The van der Waals surface area contributed by atoms with Crippen LogP contribution in [0.3, 0.4) is 0 Å². The molecule has 0 aliphatic rings. The molecule has 0 radical (unpaired) electrons. The first-order valence-electron chi connectivity index (χ1n) is 3.25. The van der Waals surface area contributed by atoms with E-state index in [0.717, 1.165) is 0 Å². The molecule has 4 nitrogen and oxygen atoms in total. The molecule has 1 heterocycles. The Morgan fingerprint density at radius 3 is 2.73 bits per heavy atom. The van der Waals surface area contributed by atoms with Crippen LogP contribution in [0.25, 0.3) is 0 Å². The highest BCUT2D eigenvalue weighted by Gasteiger charge is 2.06. The molecule has 0 spiro atoms. The van der Waals surface area contributed by atoms with Gasteiger partial charge in [0.2, 0.25) is 5.89 Å². The van der Waals surface area contributed by atoms with Gasteiger partial charge in [0.05, 0.1) is 6.04 Å². The quantitative estimate of drug-likeness (QED) is 0.592. The van der Waals surface area contributed by atoms with E-state index >= 15 is 0 Å². The first-order chi connectivity index (χ1) is 5.24. The molecule has 0 fully saturated rings. The van der Waals surface area contributed by atoms with Crippen molar-refractivity contribution in [3.05, 3.63) is 11.8 Å². The van der Waals surface area contributed by atoms with Crippen molar-refractivity contribution >= 4 is 0 Å². The summed E-state index contributed by atoms with van der Waals surface area (Å²) in [5, 5.41) is 7.35. The summed E-state index contributed by atoms with van der Waals surface area (Å²) < 4.78 is 5.06. The van der Waals surface area contributed by atoms with Crippen molar-refractivity contribution in [2.45, 2.75) is 19.9 Å². The Kier molecular flexibility index (Phi) is 2.24. The van der Waals surface area contributed by atoms with Gasteiger partial charge in [-0.3, -0.25) is 0 Å². The zero-order valence-corrected chi connectivity index (χ0v) is 6.46. The molecule has 0 aliphatic carbocycles. The third kappa shape index (κ3) is 1.79. The molecule has 0 bridgehead atoms. The lowest BCUT2D eigenvalue weighted by molar-refractivity contribution is 0.455. The van der Waals surface area contributed by atoms with E-state index in [4.69, 9.17) is 10.2 Å². The summed E-state index contributed by atoms with van der Waals surface area (Å²) in [6.07, 6.45) is 0. The highest BCUT2D eigenvalue weighted by atomic mass is 16.4. The van der Waals surface area contributed by atoms with E-state index in [1.807, 2.05) is 0 Å². The molecule has 1 aromatic rings. The molecule has 0 aliphatic heterocycles. The van der Waals surface area contributed by atoms with Gasteiger partial charge in [0, 0.05) is 0 Å². The van der Waals surface area contributed by atoms with E-state index in [-0.39, 0.29) is 6.04 Å². The normalized spacial score (nSPS) is 11.9. The molecule has 2 N–H and O–H groups in total. The smallest absolute Gasteiger partial charge is 0.293 e. The second-order valence-corrected chi connectivity index (χ2v) is 2.11. The molecule has 0 saturated heterocycles. The average Bonchev–Trinajstić information content (AvgIpc) is 2.37. The number of hydrogen-bond acceptors (Lipinski definition) is 4. The van der Waals surface area contributed by atoms with Crippen molar-refractivity contribution in [3.63, 3.8) is 0 Å². The van der Waals surface area contributed by atoms with Crippen LogP contribution in [-0.4, -0.2) is 10.2 Å². The zero-order chi connectivity index (χ0) is 8.27. The molecule has 0 aromatic carbocycles. The van der Waals surface area contributed by atoms with Gasteiger partial charge in [0.1, 0.15) is 0 Å². The third-order valence-electron chi connectivity index (χ3n) is 1.06. The van der Waals surface area contributed by atoms with Crippen LogP contribution < -0.4 is 5.73 Å². The largest absolute Gasteiger partial charge is 0.413 e. The van der Waals surface area contributed by atoms with E-state index in [1.54, 1.807) is 13.8 Å². The van der Waals surface area contributed by atoms with Crippen LogP contribution in [0.1, 0.15) is 31.7 Å². The first kappa shape index (κ1) is 7.76. The maximum Gasteiger partial charge on any atom is 0.293 e. The third-order valence-corrected chi connectivity index (χ3v) is 1.06. The maximum atomic E-state index is 5.48. The van der Waals surface area contributed by atoms with Crippen LogP contribution in [0.4, 0.5) is 0 Å². The van der Waals surface area contributed by atoms with E-state index in [9.17, 15) is 0 Å². The molecular weight excluding hydrogens is 142 g/mol. The molecular formula is C7H9N3O. The standard InChI is InChI=1S/C7H9N3O/c1-3-4-6-9-10-7(11-6)5(2)8/h5H,8H2,1-2H3. The van der Waals surface area contributed by atoms with Gasteiger partial charge in [-0.05, 0) is 19.8 Å². The minimum Gasteiger partial charge on any atom is -0.413 e. The first-order valence-corrected chi connectivity index (χ1v) is 3.25. The summed E-state index contributed by atoms with van der Waals surface area (Å²) in [5.41, 5.74) is 5.48. The number of nitrogens with two attached hydrogens (primary N) is 1. The van der Waals surface area contributed by atoms with Gasteiger partial charge in [-0.25, -0.2) is 0 Å². The van der Waals surface area contributed by atoms with Gasteiger partial charge in [-0.15, -0.1) is 5.10 Å². The van der Waals surface area contributed by atoms with Gasteiger partial charge in [0.15, 0.2) is 0 Å². The molecule has 0 amide bonds. The maximum absolute atomic E-state index is 5.48. The molecule has 1 atom stereocenters.